The Hall–Kier alpha value is -2.19. The van der Waals surface area contributed by atoms with Gasteiger partial charge in [0.05, 0.1) is 0 Å². The first kappa shape index (κ1) is 18.2. The molecule has 2 N–H and O–H groups in total. The van der Waals surface area contributed by atoms with E-state index in [1.807, 2.05) is 42.2 Å². The minimum atomic E-state index is -4.03. The van der Waals surface area contributed by atoms with Crippen molar-refractivity contribution >= 4 is 10.0 Å². The lowest BCUT2D eigenvalue weighted by atomic mass is 10.2. The van der Waals surface area contributed by atoms with Crippen molar-refractivity contribution in [2.75, 3.05) is 6.54 Å². The fourth-order valence-electron chi connectivity index (χ4n) is 2.43. The molecule has 130 valence electrons. The lowest BCUT2D eigenvalue weighted by molar-refractivity contribution is 0.396. The molecule has 1 heterocycles. The van der Waals surface area contributed by atoms with Crippen LogP contribution in [0, 0.1) is 6.92 Å². The number of hydrogen-bond donors (Lipinski definition) is 2. The average Bonchev–Trinajstić information content (AvgIpc) is 2.51. The van der Waals surface area contributed by atoms with Gasteiger partial charge in [0, 0.05) is 18.8 Å². The zero-order valence-electron chi connectivity index (χ0n) is 13.7. The largest absolute Gasteiger partial charge is 0.325 e. The van der Waals surface area contributed by atoms with Crippen molar-refractivity contribution in [1.29, 1.82) is 0 Å². The molecule has 0 fully saturated rings. The van der Waals surface area contributed by atoms with Crippen LogP contribution in [-0.4, -0.2) is 29.2 Å². The standard InChI is InChI=1S/C16H21N3O4S/c1-3-4-10-19(11-13-8-6-5-7-9-13)24(22,23)14-12(2)17-16(21)18-15(14)20/h5-9H,3-4,10-11H2,1-2H3,(H2,17,18,20,21). The van der Waals surface area contributed by atoms with Crippen molar-refractivity contribution in [3.63, 3.8) is 0 Å². The number of unbranched alkanes of at least 4 members (excludes halogenated alkanes) is 1. The van der Waals surface area contributed by atoms with Gasteiger partial charge in [-0.05, 0) is 18.9 Å². The molecule has 2 rings (SSSR count). The summed E-state index contributed by atoms with van der Waals surface area (Å²) in [6, 6.07) is 9.18. The molecule has 1 aromatic carbocycles. The zero-order chi connectivity index (χ0) is 17.7. The van der Waals surface area contributed by atoms with Gasteiger partial charge in [0.15, 0.2) is 4.90 Å². The molecule has 24 heavy (non-hydrogen) atoms. The number of nitrogens with one attached hydrogen (secondary N) is 2. The third kappa shape index (κ3) is 4.01. The van der Waals surface area contributed by atoms with E-state index in [2.05, 4.69) is 4.98 Å². The predicted molar refractivity (Wildman–Crippen MR) is 91.4 cm³/mol. The minimum Gasteiger partial charge on any atom is -0.310 e. The fraction of sp³-hybridized carbons (Fsp3) is 0.375. The number of aromatic amines is 2. The van der Waals surface area contributed by atoms with Crippen molar-refractivity contribution in [2.45, 2.75) is 38.1 Å². The van der Waals surface area contributed by atoms with Crippen molar-refractivity contribution in [2.24, 2.45) is 0 Å². The van der Waals surface area contributed by atoms with Gasteiger partial charge in [0.2, 0.25) is 0 Å². The van der Waals surface area contributed by atoms with Crippen LogP contribution in [0.2, 0.25) is 0 Å². The van der Waals surface area contributed by atoms with E-state index in [0.717, 1.165) is 12.0 Å². The highest BCUT2D eigenvalue weighted by atomic mass is 32.2. The molecule has 7 nitrogen and oxygen atoms in total. The Bertz CT molecular complexity index is 901. The first-order chi connectivity index (χ1) is 11.4. The summed E-state index contributed by atoms with van der Waals surface area (Å²) in [4.78, 5) is 27.3. The summed E-state index contributed by atoms with van der Waals surface area (Å²) in [5, 5.41) is 0. The van der Waals surface area contributed by atoms with E-state index in [4.69, 9.17) is 0 Å². The van der Waals surface area contributed by atoms with Crippen LogP contribution >= 0.6 is 0 Å². The smallest absolute Gasteiger partial charge is 0.310 e. The Kier molecular flexibility index (Phi) is 5.74. The molecule has 0 amide bonds. The van der Waals surface area contributed by atoms with E-state index in [-0.39, 0.29) is 12.2 Å². The first-order valence-electron chi connectivity index (χ1n) is 7.73. The molecular weight excluding hydrogens is 330 g/mol. The van der Waals surface area contributed by atoms with E-state index >= 15 is 0 Å². The fourth-order valence-corrected chi connectivity index (χ4v) is 4.10. The maximum Gasteiger partial charge on any atom is 0.325 e. The minimum absolute atomic E-state index is 0.0401. The van der Waals surface area contributed by atoms with Crippen molar-refractivity contribution < 1.29 is 8.42 Å². The van der Waals surface area contributed by atoms with E-state index < -0.39 is 26.2 Å². The molecule has 8 heteroatoms. The monoisotopic (exact) mass is 351 g/mol. The van der Waals surface area contributed by atoms with E-state index in [1.165, 1.54) is 11.2 Å². The molecule has 0 saturated carbocycles. The summed E-state index contributed by atoms with van der Waals surface area (Å²) >= 11 is 0. The molecule has 0 bridgehead atoms. The Morgan fingerprint density at radius 3 is 2.33 bits per heavy atom. The molecule has 0 aliphatic carbocycles. The summed E-state index contributed by atoms with van der Waals surface area (Å²) in [5.41, 5.74) is -0.751. The summed E-state index contributed by atoms with van der Waals surface area (Å²) in [6.45, 7) is 3.84. The highest BCUT2D eigenvalue weighted by Crippen LogP contribution is 2.17. The molecule has 1 aromatic heterocycles. The zero-order valence-corrected chi connectivity index (χ0v) is 14.5. The van der Waals surface area contributed by atoms with Gasteiger partial charge < -0.3 is 4.98 Å². The van der Waals surface area contributed by atoms with Gasteiger partial charge in [-0.15, -0.1) is 0 Å². The van der Waals surface area contributed by atoms with Gasteiger partial charge in [-0.3, -0.25) is 9.78 Å². The molecule has 0 aliphatic heterocycles. The number of sulfonamides is 1. The van der Waals surface area contributed by atoms with E-state index in [1.54, 1.807) is 0 Å². The SMILES string of the molecule is CCCCN(Cc1ccccc1)S(=O)(=O)c1c(C)[nH]c(=O)[nH]c1=O. The van der Waals surface area contributed by atoms with Gasteiger partial charge >= 0.3 is 5.69 Å². The van der Waals surface area contributed by atoms with Crippen LogP contribution in [0.1, 0.15) is 31.0 Å². The second-order valence-electron chi connectivity index (χ2n) is 5.54. The van der Waals surface area contributed by atoms with Gasteiger partial charge in [-0.25, -0.2) is 13.2 Å². The Morgan fingerprint density at radius 1 is 1.08 bits per heavy atom. The third-order valence-electron chi connectivity index (χ3n) is 3.64. The number of hydrogen-bond acceptors (Lipinski definition) is 4. The topological polar surface area (TPSA) is 103 Å². The van der Waals surface area contributed by atoms with Crippen molar-refractivity contribution in [3.05, 3.63) is 62.4 Å². The quantitative estimate of drug-likeness (QED) is 0.786. The molecule has 0 unspecified atom stereocenters. The Morgan fingerprint density at radius 2 is 1.75 bits per heavy atom. The van der Waals surface area contributed by atoms with Crippen LogP contribution in [0.4, 0.5) is 0 Å². The van der Waals surface area contributed by atoms with Gasteiger partial charge in [0.1, 0.15) is 0 Å². The van der Waals surface area contributed by atoms with Crippen LogP contribution in [0.15, 0.2) is 44.8 Å². The second kappa shape index (κ2) is 7.59. The Balaban J connectivity index is 2.48. The molecule has 0 aliphatic rings. The summed E-state index contributed by atoms with van der Waals surface area (Å²) in [6.07, 6.45) is 1.49. The number of H-pyrrole nitrogens is 2. The molecule has 0 saturated heterocycles. The summed E-state index contributed by atoms with van der Waals surface area (Å²) in [7, 11) is -4.03. The van der Waals surface area contributed by atoms with Crippen LogP contribution < -0.4 is 11.2 Å². The van der Waals surface area contributed by atoms with Crippen molar-refractivity contribution in [1.82, 2.24) is 14.3 Å². The third-order valence-corrected chi connectivity index (χ3v) is 5.63. The molecule has 0 spiro atoms. The maximum absolute atomic E-state index is 13.0. The van der Waals surface area contributed by atoms with E-state index in [0.29, 0.717) is 13.0 Å². The van der Waals surface area contributed by atoms with Gasteiger partial charge in [-0.2, -0.15) is 4.31 Å². The first-order valence-corrected chi connectivity index (χ1v) is 9.17. The van der Waals surface area contributed by atoms with E-state index in [9.17, 15) is 18.0 Å². The number of benzene rings is 1. The highest BCUT2D eigenvalue weighted by Gasteiger charge is 2.29. The van der Waals surface area contributed by atoms with Crippen LogP contribution in [0.5, 0.6) is 0 Å². The average molecular weight is 351 g/mol. The molecule has 0 radical (unpaired) electrons. The normalized spacial score (nSPS) is 11.8. The summed E-state index contributed by atoms with van der Waals surface area (Å²) < 4.78 is 27.2. The number of aromatic nitrogens is 2. The molecule has 2 aromatic rings. The predicted octanol–water partition coefficient (Wildman–Crippen LogP) is 1.36. The summed E-state index contributed by atoms with van der Waals surface area (Å²) in [5.74, 6) is 0. The lowest BCUT2D eigenvalue weighted by Crippen LogP contribution is -2.38. The molecular formula is C16H21N3O4S. The maximum atomic E-state index is 13.0. The van der Waals surface area contributed by atoms with Gasteiger partial charge in [-0.1, -0.05) is 43.7 Å². The molecule has 0 atom stereocenters. The van der Waals surface area contributed by atoms with Crippen LogP contribution in [-0.2, 0) is 16.6 Å². The number of rotatable bonds is 7. The highest BCUT2D eigenvalue weighted by molar-refractivity contribution is 7.89. The number of nitrogens with zero attached hydrogens (tertiary/aromatic N) is 1. The van der Waals surface area contributed by atoms with Crippen LogP contribution in [0.25, 0.3) is 0 Å². The van der Waals surface area contributed by atoms with Gasteiger partial charge in [0.25, 0.3) is 15.6 Å². The van der Waals surface area contributed by atoms with Crippen molar-refractivity contribution in [3.8, 4) is 0 Å². The lowest BCUT2D eigenvalue weighted by Gasteiger charge is -2.22. The van der Waals surface area contributed by atoms with Crippen LogP contribution in [0.3, 0.4) is 0 Å². The number of aryl methyl sites for hydroxylation is 1. The second-order valence-corrected chi connectivity index (χ2v) is 7.41. The Labute approximate surface area is 140 Å².